The molecule has 0 aliphatic heterocycles. The van der Waals surface area contributed by atoms with Gasteiger partial charge in [-0.2, -0.15) is 5.26 Å². The predicted octanol–water partition coefficient (Wildman–Crippen LogP) is 3.65. The SMILES string of the molecule is CC1CCCCC1OCc1cccc(C#N)c1. The summed E-state index contributed by atoms with van der Waals surface area (Å²) in [4.78, 5) is 0. The highest BCUT2D eigenvalue weighted by molar-refractivity contribution is 5.32. The van der Waals surface area contributed by atoms with Gasteiger partial charge >= 0.3 is 0 Å². The summed E-state index contributed by atoms with van der Waals surface area (Å²) < 4.78 is 5.97. The highest BCUT2D eigenvalue weighted by Crippen LogP contribution is 2.27. The van der Waals surface area contributed by atoms with Crippen molar-refractivity contribution in [3.05, 3.63) is 35.4 Å². The number of hydrogen-bond donors (Lipinski definition) is 0. The van der Waals surface area contributed by atoms with Crippen LogP contribution >= 0.6 is 0 Å². The first-order valence-corrected chi connectivity index (χ1v) is 6.40. The summed E-state index contributed by atoms with van der Waals surface area (Å²) in [5.74, 6) is 0.669. The third-order valence-corrected chi connectivity index (χ3v) is 3.55. The quantitative estimate of drug-likeness (QED) is 0.792. The van der Waals surface area contributed by atoms with Crippen LogP contribution in [0.1, 0.15) is 43.7 Å². The summed E-state index contributed by atoms with van der Waals surface area (Å²) in [6.07, 6.45) is 5.48. The van der Waals surface area contributed by atoms with E-state index in [0.29, 0.717) is 24.2 Å². The molecule has 0 radical (unpaired) electrons. The molecule has 1 saturated carbocycles. The molecule has 0 spiro atoms. The van der Waals surface area contributed by atoms with E-state index in [9.17, 15) is 0 Å². The highest BCUT2D eigenvalue weighted by Gasteiger charge is 2.21. The fraction of sp³-hybridized carbons (Fsp3) is 0.533. The number of ether oxygens (including phenoxy) is 1. The first kappa shape index (κ1) is 12.1. The summed E-state index contributed by atoms with van der Waals surface area (Å²) in [5, 5.41) is 8.83. The Balaban J connectivity index is 1.90. The zero-order chi connectivity index (χ0) is 12.1. The van der Waals surface area contributed by atoms with Crippen molar-refractivity contribution in [2.75, 3.05) is 0 Å². The zero-order valence-corrected chi connectivity index (χ0v) is 10.4. The van der Waals surface area contributed by atoms with E-state index in [-0.39, 0.29) is 0 Å². The fourth-order valence-corrected chi connectivity index (χ4v) is 2.46. The molecule has 0 N–H and O–H groups in total. The van der Waals surface area contributed by atoms with Crippen molar-refractivity contribution >= 4 is 0 Å². The summed E-state index contributed by atoms with van der Waals surface area (Å²) in [6.45, 7) is 2.90. The van der Waals surface area contributed by atoms with E-state index in [1.165, 1.54) is 25.7 Å². The molecule has 17 heavy (non-hydrogen) atoms. The van der Waals surface area contributed by atoms with Gasteiger partial charge in [0.1, 0.15) is 0 Å². The Hall–Kier alpha value is -1.33. The van der Waals surface area contributed by atoms with Crippen LogP contribution in [-0.2, 0) is 11.3 Å². The Morgan fingerprint density at radius 2 is 2.18 bits per heavy atom. The van der Waals surface area contributed by atoms with Crippen LogP contribution in [0.5, 0.6) is 0 Å². The lowest BCUT2D eigenvalue weighted by atomic mass is 9.88. The summed E-state index contributed by atoms with van der Waals surface area (Å²) >= 11 is 0. The third kappa shape index (κ3) is 3.31. The average Bonchev–Trinajstić information content (AvgIpc) is 2.38. The van der Waals surface area contributed by atoms with Gasteiger partial charge in [0, 0.05) is 0 Å². The highest BCUT2D eigenvalue weighted by atomic mass is 16.5. The van der Waals surface area contributed by atoms with Crippen LogP contribution in [0.2, 0.25) is 0 Å². The Morgan fingerprint density at radius 3 is 2.94 bits per heavy atom. The Morgan fingerprint density at radius 1 is 1.35 bits per heavy atom. The average molecular weight is 229 g/mol. The topological polar surface area (TPSA) is 33.0 Å². The van der Waals surface area contributed by atoms with E-state index in [4.69, 9.17) is 10.00 Å². The normalized spacial score (nSPS) is 24.2. The first-order valence-electron chi connectivity index (χ1n) is 6.40. The van der Waals surface area contributed by atoms with Gasteiger partial charge in [-0.25, -0.2) is 0 Å². The molecule has 2 unspecified atom stereocenters. The molecular formula is C15H19NO. The lowest BCUT2D eigenvalue weighted by molar-refractivity contribution is -0.0154. The van der Waals surface area contributed by atoms with Crippen molar-refractivity contribution in [3.63, 3.8) is 0 Å². The molecular weight excluding hydrogens is 210 g/mol. The molecule has 2 nitrogen and oxygen atoms in total. The number of nitrogens with zero attached hydrogens (tertiary/aromatic N) is 1. The van der Waals surface area contributed by atoms with Gasteiger partial charge in [-0.15, -0.1) is 0 Å². The van der Waals surface area contributed by atoms with Crippen LogP contribution in [0.25, 0.3) is 0 Å². The molecule has 1 aliphatic carbocycles. The fourth-order valence-electron chi connectivity index (χ4n) is 2.46. The smallest absolute Gasteiger partial charge is 0.0991 e. The second-order valence-electron chi connectivity index (χ2n) is 4.92. The maximum atomic E-state index is 8.83. The molecule has 0 heterocycles. The van der Waals surface area contributed by atoms with Crippen LogP contribution < -0.4 is 0 Å². The van der Waals surface area contributed by atoms with Crippen LogP contribution in [-0.4, -0.2) is 6.10 Å². The molecule has 2 atom stereocenters. The van der Waals surface area contributed by atoms with Crippen LogP contribution in [0.4, 0.5) is 0 Å². The molecule has 2 heteroatoms. The van der Waals surface area contributed by atoms with Crippen LogP contribution in [0.3, 0.4) is 0 Å². The molecule has 1 aromatic rings. The number of nitriles is 1. The Labute approximate surface area is 103 Å². The van der Waals surface area contributed by atoms with Gasteiger partial charge in [0.2, 0.25) is 0 Å². The predicted molar refractivity (Wildman–Crippen MR) is 67.4 cm³/mol. The minimum atomic E-state index is 0.398. The molecule has 2 rings (SSSR count). The van der Waals surface area contributed by atoms with E-state index in [0.717, 1.165) is 5.56 Å². The molecule has 0 amide bonds. The van der Waals surface area contributed by atoms with Gasteiger partial charge in [-0.1, -0.05) is 31.9 Å². The molecule has 0 aromatic heterocycles. The maximum Gasteiger partial charge on any atom is 0.0991 e. The lowest BCUT2D eigenvalue weighted by Crippen LogP contribution is -2.25. The van der Waals surface area contributed by atoms with E-state index in [2.05, 4.69) is 13.0 Å². The second-order valence-corrected chi connectivity index (χ2v) is 4.92. The maximum absolute atomic E-state index is 8.83. The number of rotatable bonds is 3. The van der Waals surface area contributed by atoms with Gasteiger partial charge in [0.15, 0.2) is 0 Å². The van der Waals surface area contributed by atoms with Crippen molar-refractivity contribution in [3.8, 4) is 6.07 Å². The van der Waals surface area contributed by atoms with Crippen molar-refractivity contribution in [2.24, 2.45) is 5.92 Å². The van der Waals surface area contributed by atoms with Crippen LogP contribution in [0, 0.1) is 17.2 Å². The van der Waals surface area contributed by atoms with Crippen molar-refractivity contribution < 1.29 is 4.74 Å². The van der Waals surface area contributed by atoms with Gasteiger partial charge in [-0.05, 0) is 36.5 Å². The zero-order valence-electron chi connectivity index (χ0n) is 10.4. The largest absolute Gasteiger partial charge is 0.373 e. The van der Waals surface area contributed by atoms with E-state index < -0.39 is 0 Å². The van der Waals surface area contributed by atoms with Crippen molar-refractivity contribution in [2.45, 2.75) is 45.3 Å². The first-order chi connectivity index (χ1) is 8.29. The standard InChI is InChI=1S/C15H19NO/c1-12-5-2-3-8-15(12)17-11-14-7-4-6-13(9-14)10-16/h4,6-7,9,12,15H,2-3,5,8,11H2,1H3. The minimum absolute atomic E-state index is 0.398. The number of benzene rings is 1. The van der Waals surface area contributed by atoms with Gasteiger partial charge in [-0.3, -0.25) is 0 Å². The van der Waals surface area contributed by atoms with Crippen molar-refractivity contribution in [1.82, 2.24) is 0 Å². The summed E-state index contributed by atoms with van der Waals surface area (Å²) in [5.41, 5.74) is 1.81. The second kappa shape index (κ2) is 5.84. The van der Waals surface area contributed by atoms with Crippen LogP contribution in [0.15, 0.2) is 24.3 Å². The molecule has 0 bridgehead atoms. The van der Waals surface area contributed by atoms with Gasteiger partial charge < -0.3 is 4.74 Å². The lowest BCUT2D eigenvalue weighted by Gasteiger charge is -2.28. The monoisotopic (exact) mass is 229 g/mol. The van der Waals surface area contributed by atoms with E-state index >= 15 is 0 Å². The molecule has 1 aromatic carbocycles. The van der Waals surface area contributed by atoms with Gasteiger partial charge in [0.25, 0.3) is 0 Å². The Bertz CT molecular complexity index is 408. The Kier molecular flexibility index (Phi) is 4.17. The van der Waals surface area contributed by atoms with E-state index in [1.807, 2.05) is 24.3 Å². The number of hydrogen-bond acceptors (Lipinski definition) is 2. The van der Waals surface area contributed by atoms with Gasteiger partial charge in [0.05, 0.1) is 24.3 Å². The third-order valence-electron chi connectivity index (χ3n) is 3.55. The summed E-state index contributed by atoms with van der Waals surface area (Å²) in [7, 11) is 0. The summed E-state index contributed by atoms with van der Waals surface area (Å²) in [6, 6.07) is 9.84. The molecule has 1 fully saturated rings. The van der Waals surface area contributed by atoms with Crippen molar-refractivity contribution in [1.29, 1.82) is 5.26 Å². The molecule has 90 valence electrons. The van der Waals surface area contributed by atoms with E-state index in [1.54, 1.807) is 0 Å². The minimum Gasteiger partial charge on any atom is -0.373 e. The molecule has 0 saturated heterocycles. The molecule has 1 aliphatic rings.